The van der Waals surface area contributed by atoms with E-state index in [9.17, 15) is 19.3 Å². The third-order valence-corrected chi connectivity index (χ3v) is 4.39. The summed E-state index contributed by atoms with van der Waals surface area (Å²) < 4.78 is 18.6. The van der Waals surface area contributed by atoms with Crippen molar-refractivity contribution in [1.82, 2.24) is 5.32 Å². The molecule has 0 saturated carbocycles. The number of nitrogens with one attached hydrogen (secondary N) is 1. The predicted molar refractivity (Wildman–Crippen MR) is 94.5 cm³/mol. The summed E-state index contributed by atoms with van der Waals surface area (Å²) in [5.74, 6) is 0.648. The summed E-state index contributed by atoms with van der Waals surface area (Å²) in [7, 11) is 1.39. The van der Waals surface area contributed by atoms with E-state index in [1.807, 2.05) is 0 Å². The molecule has 2 aromatic carbocycles. The third kappa shape index (κ3) is 5.18. The predicted octanol–water partition coefficient (Wildman–Crippen LogP) is 3.41. The van der Waals surface area contributed by atoms with Gasteiger partial charge in [0, 0.05) is 30.2 Å². The number of hydrogen-bond donors (Lipinski definition) is 1. The Balaban J connectivity index is 1.87. The third-order valence-electron chi connectivity index (χ3n) is 3.39. The largest absolute Gasteiger partial charge is 0.496 e. The van der Waals surface area contributed by atoms with Crippen molar-refractivity contribution in [2.24, 2.45) is 0 Å². The number of carbonyl (C=O) groups is 1. The van der Waals surface area contributed by atoms with E-state index in [-0.39, 0.29) is 22.8 Å². The molecule has 0 atom stereocenters. The highest BCUT2D eigenvalue weighted by Crippen LogP contribution is 2.24. The molecule has 0 unspecified atom stereocenters. The van der Waals surface area contributed by atoms with Crippen LogP contribution in [0, 0.1) is 15.9 Å². The van der Waals surface area contributed by atoms with E-state index < -0.39 is 10.8 Å². The van der Waals surface area contributed by atoms with Gasteiger partial charge in [0.1, 0.15) is 11.6 Å². The maximum Gasteiger partial charge on any atom is 0.270 e. The number of ether oxygens (including phenoxy) is 1. The van der Waals surface area contributed by atoms with Crippen molar-refractivity contribution < 1.29 is 18.8 Å². The molecular weight excluding hydrogens is 347 g/mol. The minimum Gasteiger partial charge on any atom is -0.496 e. The Bertz CT molecular complexity index is 770. The quantitative estimate of drug-likeness (QED) is 0.441. The van der Waals surface area contributed by atoms with Gasteiger partial charge >= 0.3 is 0 Å². The van der Waals surface area contributed by atoms with E-state index in [1.54, 1.807) is 18.2 Å². The summed E-state index contributed by atoms with van der Waals surface area (Å²) in [5, 5.41) is 13.5. The Morgan fingerprint density at radius 1 is 1.32 bits per heavy atom. The normalized spacial score (nSPS) is 10.3. The van der Waals surface area contributed by atoms with Gasteiger partial charge in [-0.15, -0.1) is 0 Å². The first-order valence-corrected chi connectivity index (χ1v) is 8.60. The van der Waals surface area contributed by atoms with Gasteiger partial charge in [0.2, 0.25) is 0 Å². The summed E-state index contributed by atoms with van der Waals surface area (Å²) in [4.78, 5) is 22.5. The topological polar surface area (TPSA) is 81.5 Å². The molecule has 25 heavy (non-hydrogen) atoms. The molecule has 6 nitrogen and oxygen atoms in total. The van der Waals surface area contributed by atoms with E-state index in [0.717, 1.165) is 0 Å². The van der Waals surface area contributed by atoms with Crippen LogP contribution < -0.4 is 10.1 Å². The summed E-state index contributed by atoms with van der Waals surface area (Å²) in [6.45, 7) is 0.351. The van der Waals surface area contributed by atoms with Gasteiger partial charge in [0.15, 0.2) is 0 Å². The van der Waals surface area contributed by atoms with Crippen LogP contribution in [0.3, 0.4) is 0 Å². The zero-order valence-electron chi connectivity index (χ0n) is 13.5. The highest BCUT2D eigenvalue weighted by atomic mass is 32.2. The van der Waals surface area contributed by atoms with Gasteiger partial charge in [0.05, 0.1) is 17.6 Å². The van der Waals surface area contributed by atoms with Crippen LogP contribution >= 0.6 is 11.8 Å². The van der Waals surface area contributed by atoms with Gasteiger partial charge < -0.3 is 10.1 Å². The van der Waals surface area contributed by atoms with Crippen molar-refractivity contribution in [2.75, 3.05) is 19.4 Å². The smallest absolute Gasteiger partial charge is 0.270 e. The first kappa shape index (κ1) is 18.7. The van der Waals surface area contributed by atoms with Crippen molar-refractivity contribution in [3.8, 4) is 5.75 Å². The summed E-state index contributed by atoms with van der Waals surface area (Å²) >= 11 is 1.48. The number of hydrogen-bond acceptors (Lipinski definition) is 5. The first-order chi connectivity index (χ1) is 12.0. The van der Waals surface area contributed by atoms with Crippen molar-refractivity contribution in [3.05, 3.63) is 69.5 Å². The number of amides is 1. The molecule has 0 aromatic heterocycles. The van der Waals surface area contributed by atoms with Crippen LogP contribution in [0.2, 0.25) is 0 Å². The number of rotatable bonds is 8. The number of nitro benzene ring substituents is 1. The molecule has 0 bridgehead atoms. The molecule has 0 radical (unpaired) electrons. The summed E-state index contributed by atoms with van der Waals surface area (Å²) in [6.07, 6.45) is 0. The fourth-order valence-corrected chi connectivity index (χ4v) is 2.96. The number of benzene rings is 2. The lowest BCUT2D eigenvalue weighted by atomic mass is 10.1. The van der Waals surface area contributed by atoms with Gasteiger partial charge in [0.25, 0.3) is 11.6 Å². The Kier molecular flexibility index (Phi) is 6.76. The van der Waals surface area contributed by atoms with Gasteiger partial charge in [-0.2, -0.15) is 11.8 Å². The number of halogens is 1. The molecule has 2 rings (SSSR count). The lowest BCUT2D eigenvalue weighted by Crippen LogP contribution is -2.26. The van der Waals surface area contributed by atoms with Crippen molar-refractivity contribution in [3.63, 3.8) is 0 Å². The zero-order chi connectivity index (χ0) is 18.2. The van der Waals surface area contributed by atoms with E-state index >= 15 is 0 Å². The standard InChI is InChI=1S/C17H17FN2O4S/c1-24-16-7-6-13(20(22)23)10-14(16)17(21)19-8-9-25-11-12-4-2-3-5-15(12)18/h2-7,10H,8-9,11H2,1H3,(H,19,21). The maximum absolute atomic E-state index is 13.5. The Hall–Kier alpha value is -2.61. The molecule has 1 amide bonds. The number of methoxy groups -OCH3 is 1. The van der Waals surface area contributed by atoms with E-state index in [0.29, 0.717) is 23.6 Å². The maximum atomic E-state index is 13.5. The van der Waals surface area contributed by atoms with Gasteiger partial charge in [-0.05, 0) is 17.7 Å². The number of carbonyl (C=O) groups excluding carboxylic acids is 1. The van der Waals surface area contributed by atoms with Gasteiger partial charge in [-0.25, -0.2) is 4.39 Å². The van der Waals surface area contributed by atoms with Crippen molar-refractivity contribution >= 4 is 23.4 Å². The summed E-state index contributed by atoms with van der Waals surface area (Å²) in [6, 6.07) is 10.4. The Morgan fingerprint density at radius 3 is 2.76 bits per heavy atom. The molecule has 0 aliphatic carbocycles. The molecule has 0 fully saturated rings. The summed E-state index contributed by atoms with van der Waals surface area (Å²) in [5.41, 5.74) is 0.537. The second-order valence-corrected chi connectivity index (χ2v) is 6.15. The second kappa shape index (κ2) is 9.03. The SMILES string of the molecule is COc1ccc([N+](=O)[O-])cc1C(=O)NCCSCc1ccccc1F. The second-order valence-electron chi connectivity index (χ2n) is 5.04. The van der Waals surface area contributed by atoms with Crippen LogP contribution in [0.5, 0.6) is 5.75 Å². The number of nitrogens with zero attached hydrogens (tertiary/aromatic N) is 1. The fraction of sp³-hybridized carbons (Fsp3) is 0.235. The minimum absolute atomic E-state index is 0.107. The van der Waals surface area contributed by atoms with Crippen molar-refractivity contribution in [2.45, 2.75) is 5.75 Å². The number of thioether (sulfide) groups is 1. The van der Waals surface area contributed by atoms with E-state index in [4.69, 9.17) is 4.74 Å². The zero-order valence-corrected chi connectivity index (χ0v) is 14.3. The van der Waals surface area contributed by atoms with Gasteiger partial charge in [-0.1, -0.05) is 18.2 Å². The molecule has 2 aromatic rings. The molecule has 0 saturated heterocycles. The van der Waals surface area contributed by atoms with Crippen molar-refractivity contribution in [1.29, 1.82) is 0 Å². The molecule has 8 heteroatoms. The number of nitro groups is 1. The molecule has 132 valence electrons. The van der Waals surface area contributed by atoms with E-state index in [1.165, 1.54) is 43.1 Å². The van der Waals surface area contributed by atoms with E-state index in [2.05, 4.69) is 5.32 Å². The molecule has 0 spiro atoms. The molecule has 0 heterocycles. The van der Waals surface area contributed by atoms with Crippen LogP contribution in [0.1, 0.15) is 15.9 Å². The first-order valence-electron chi connectivity index (χ1n) is 7.44. The van der Waals surface area contributed by atoms with Crippen LogP contribution in [0.25, 0.3) is 0 Å². The monoisotopic (exact) mass is 364 g/mol. The van der Waals surface area contributed by atoms with Crippen LogP contribution in [-0.2, 0) is 5.75 Å². The Morgan fingerprint density at radius 2 is 2.08 bits per heavy atom. The van der Waals surface area contributed by atoms with Crippen LogP contribution in [-0.4, -0.2) is 30.2 Å². The minimum atomic E-state index is -0.569. The highest BCUT2D eigenvalue weighted by molar-refractivity contribution is 7.98. The van der Waals surface area contributed by atoms with Gasteiger partial charge in [-0.3, -0.25) is 14.9 Å². The number of non-ortho nitro benzene ring substituents is 1. The molecule has 0 aliphatic rings. The Labute approximate surface area is 148 Å². The van der Waals surface area contributed by atoms with Crippen LogP contribution in [0.4, 0.5) is 10.1 Å². The lowest BCUT2D eigenvalue weighted by molar-refractivity contribution is -0.384. The highest BCUT2D eigenvalue weighted by Gasteiger charge is 2.17. The lowest BCUT2D eigenvalue weighted by Gasteiger charge is -2.09. The average molecular weight is 364 g/mol. The fourth-order valence-electron chi connectivity index (χ4n) is 2.12. The molecule has 1 N–H and O–H groups in total. The molecule has 0 aliphatic heterocycles. The molecular formula is C17H17FN2O4S. The van der Waals surface area contributed by atoms with Crippen LogP contribution in [0.15, 0.2) is 42.5 Å². The average Bonchev–Trinajstić information content (AvgIpc) is 2.62.